The molecule has 0 bridgehead atoms. The van der Waals surface area contributed by atoms with Gasteiger partial charge in [0.05, 0.1) is 5.69 Å². The van der Waals surface area contributed by atoms with Crippen molar-refractivity contribution < 1.29 is 5.11 Å². The Morgan fingerprint density at radius 1 is 1.25 bits per heavy atom. The molecular weight excluding hydrogens is 250 g/mol. The van der Waals surface area contributed by atoms with E-state index in [0.717, 1.165) is 24.1 Å². The summed E-state index contributed by atoms with van der Waals surface area (Å²) in [6.45, 7) is 3.65. The number of nitrogens with two attached hydrogens (primary N) is 1. The highest BCUT2D eigenvalue weighted by Crippen LogP contribution is 2.22. The molecule has 2 rings (SSSR count). The first-order valence-corrected chi connectivity index (χ1v) is 6.83. The quantitative estimate of drug-likeness (QED) is 0.702. The number of nitrogens with zero attached hydrogens (tertiary/aromatic N) is 1. The highest BCUT2D eigenvalue weighted by Gasteiger charge is 2.09. The number of aromatic hydroxyl groups is 1. The number of benzene rings is 1. The molecule has 0 unspecified atom stereocenters. The third kappa shape index (κ3) is 3.56. The molecule has 4 nitrogen and oxygen atoms in total. The van der Waals surface area contributed by atoms with E-state index in [1.807, 2.05) is 18.2 Å². The van der Waals surface area contributed by atoms with Crippen LogP contribution in [-0.4, -0.2) is 16.6 Å². The maximum absolute atomic E-state index is 9.94. The van der Waals surface area contributed by atoms with E-state index < -0.39 is 0 Å². The maximum atomic E-state index is 9.94. The van der Waals surface area contributed by atoms with Crippen molar-refractivity contribution in [2.45, 2.75) is 26.4 Å². The third-order valence-electron chi connectivity index (χ3n) is 3.38. The minimum Gasteiger partial charge on any atom is -0.506 e. The molecule has 20 heavy (non-hydrogen) atoms. The normalized spacial score (nSPS) is 10.7. The predicted octanol–water partition coefficient (Wildman–Crippen LogP) is 1.89. The number of hydrogen-bond acceptors (Lipinski definition) is 4. The topological polar surface area (TPSA) is 71.2 Å². The van der Waals surface area contributed by atoms with Crippen LogP contribution in [0.3, 0.4) is 0 Å². The molecule has 0 saturated heterocycles. The summed E-state index contributed by atoms with van der Waals surface area (Å²) in [7, 11) is 0. The predicted molar refractivity (Wildman–Crippen MR) is 80.4 cm³/mol. The van der Waals surface area contributed by atoms with Crippen LogP contribution in [-0.2, 0) is 19.5 Å². The zero-order valence-electron chi connectivity index (χ0n) is 11.8. The number of nitrogens with one attached hydrogen (secondary N) is 1. The van der Waals surface area contributed by atoms with Crippen molar-refractivity contribution >= 4 is 0 Å². The molecule has 0 aliphatic heterocycles. The van der Waals surface area contributed by atoms with Gasteiger partial charge >= 0.3 is 0 Å². The van der Waals surface area contributed by atoms with Gasteiger partial charge in [-0.05, 0) is 31.0 Å². The van der Waals surface area contributed by atoms with E-state index in [2.05, 4.69) is 22.4 Å². The van der Waals surface area contributed by atoms with Gasteiger partial charge in [-0.25, -0.2) is 0 Å². The molecule has 4 N–H and O–H groups in total. The molecule has 0 atom stereocenters. The molecular formula is C16H21N3O. The van der Waals surface area contributed by atoms with Crippen molar-refractivity contribution in [2.24, 2.45) is 5.73 Å². The molecule has 106 valence electrons. The van der Waals surface area contributed by atoms with E-state index in [0.29, 0.717) is 18.8 Å². The maximum Gasteiger partial charge on any atom is 0.141 e. The Balaban J connectivity index is 1.90. The zero-order valence-corrected chi connectivity index (χ0v) is 11.8. The lowest BCUT2D eigenvalue weighted by molar-refractivity contribution is 0.458. The first kappa shape index (κ1) is 14.5. The van der Waals surface area contributed by atoms with Crippen LogP contribution in [0.25, 0.3) is 0 Å². The standard InChI is InChI=1S/C16H21N3O/c1-12-16(20)15(9-17)14(11-19-12)10-18-8-7-13-5-3-2-4-6-13/h2-6,11,18,20H,7-10,17H2,1H3. The van der Waals surface area contributed by atoms with Crippen LogP contribution in [0, 0.1) is 6.92 Å². The summed E-state index contributed by atoms with van der Waals surface area (Å²) in [5, 5.41) is 13.3. The smallest absolute Gasteiger partial charge is 0.141 e. The molecule has 0 fully saturated rings. The van der Waals surface area contributed by atoms with Crippen molar-refractivity contribution in [3.63, 3.8) is 0 Å². The number of aromatic nitrogens is 1. The zero-order chi connectivity index (χ0) is 14.4. The lowest BCUT2D eigenvalue weighted by Gasteiger charge is -2.12. The Kier molecular flexibility index (Phi) is 5.09. The van der Waals surface area contributed by atoms with Gasteiger partial charge in [0.2, 0.25) is 0 Å². The van der Waals surface area contributed by atoms with Gasteiger partial charge in [-0.2, -0.15) is 0 Å². The van der Waals surface area contributed by atoms with Gasteiger partial charge in [0.15, 0.2) is 0 Å². The van der Waals surface area contributed by atoms with Gasteiger partial charge < -0.3 is 16.2 Å². The van der Waals surface area contributed by atoms with Gasteiger partial charge in [0.25, 0.3) is 0 Å². The highest BCUT2D eigenvalue weighted by molar-refractivity contribution is 5.40. The Bertz CT molecular complexity index is 555. The van der Waals surface area contributed by atoms with E-state index in [4.69, 9.17) is 5.73 Å². The molecule has 0 spiro atoms. The lowest BCUT2D eigenvalue weighted by atomic mass is 10.1. The van der Waals surface area contributed by atoms with Crippen LogP contribution in [0.2, 0.25) is 0 Å². The number of rotatable bonds is 6. The van der Waals surface area contributed by atoms with Crippen molar-refractivity contribution in [3.05, 3.63) is 58.9 Å². The summed E-state index contributed by atoms with van der Waals surface area (Å²) >= 11 is 0. The number of hydrogen-bond donors (Lipinski definition) is 3. The summed E-state index contributed by atoms with van der Waals surface area (Å²) in [5.41, 5.74) is 9.38. The average Bonchev–Trinajstić information content (AvgIpc) is 2.48. The molecule has 1 aromatic carbocycles. The Morgan fingerprint density at radius 2 is 2.00 bits per heavy atom. The second-order valence-electron chi connectivity index (χ2n) is 4.81. The second-order valence-corrected chi connectivity index (χ2v) is 4.81. The number of pyridine rings is 1. The van der Waals surface area contributed by atoms with Crippen LogP contribution < -0.4 is 11.1 Å². The van der Waals surface area contributed by atoms with E-state index in [-0.39, 0.29) is 5.75 Å². The molecule has 0 radical (unpaired) electrons. The monoisotopic (exact) mass is 271 g/mol. The fourth-order valence-corrected chi connectivity index (χ4v) is 2.16. The first-order chi connectivity index (χ1) is 9.72. The van der Waals surface area contributed by atoms with Crippen LogP contribution in [0.5, 0.6) is 5.75 Å². The van der Waals surface area contributed by atoms with Crippen molar-refractivity contribution in [3.8, 4) is 5.75 Å². The van der Waals surface area contributed by atoms with Crippen LogP contribution >= 0.6 is 0 Å². The van der Waals surface area contributed by atoms with Crippen molar-refractivity contribution in [1.29, 1.82) is 0 Å². The Morgan fingerprint density at radius 3 is 2.70 bits per heavy atom. The van der Waals surface area contributed by atoms with Crippen LogP contribution in [0.4, 0.5) is 0 Å². The number of aryl methyl sites for hydroxylation is 1. The van der Waals surface area contributed by atoms with Gasteiger partial charge in [0, 0.05) is 24.8 Å². The fourth-order valence-electron chi connectivity index (χ4n) is 2.16. The summed E-state index contributed by atoms with van der Waals surface area (Å²) < 4.78 is 0. The largest absolute Gasteiger partial charge is 0.506 e. The molecule has 0 aliphatic carbocycles. The minimum atomic E-state index is 0.217. The molecule has 0 saturated carbocycles. The summed E-state index contributed by atoms with van der Waals surface area (Å²) in [5.74, 6) is 0.217. The molecule has 1 aromatic heterocycles. The van der Waals surface area contributed by atoms with Gasteiger partial charge in [-0.15, -0.1) is 0 Å². The summed E-state index contributed by atoms with van der Waals surface area (Å²) in [4.78, 5) is 4.18. The molecule has 0 aliphatic rings. The van der Waals surface area contributed by atoms with E-state index >= 15 is 0 Å². The third-order valence-corrected chi connectivity index (χ3v) is 3.38. The van der Waals surface area contributed by atoms with E-state index in [1.165, 1.54) is 5.56 Å². The van der Waals surface area contributed by atoms with Gasteiger partial charge in [-0.1, -0.05) is 30.3 Å². The van der Waals surface area contributed by atoms with Crippen molar-refractivity contribution in [1.82, 2.24) is 10.3 Å². The molecule has 1 heterocycles. The SMILES string of the molecule is Cc1ncc(CNCCc2ccccc2)c(CN)c1O. The first-order valence-electron chi connectivity index (χ1n) is 6.83. The lowest BCUT2D eigenvalue weighted by Crippen LogP contribution is -2.18. The molecule has 4 heteroatoms. The Labute approximate surface area is 119 Å². The van der Waals surface area contributed by atoms with Crippen LogP contribution in [0.15, 0.2) is 36.5 Å². The Hall–Kier alpha value is -1.91. The van der Waals surface area contributed by atoms with Gasteiger partial charge in [-0.3, -0.25) is 4.98 Å². The van der Waals surface area contributed by atoms with Crippen molar-refractivity contribution in [2.75, 3.05) is 6.54 Å². The minimum absolute atomic E-state index is 0.217. The highest BCUT2D eigenvalue weighted by atomic mass is 16.3. The van der Waals surface area contributed by atoms with Crippen LogP contribution in [0.1, 0.15) is 22.4 Å². The summed E-state index contributed by atoms with van der Waals surface area (Å²) in [6, 6.07) is 10.3. The summed E-state index contributed by atoms with van der Waals surface area (Å²) in [6.07, 6.45) is 2.76. The van der Waals surface area contributed by atoms with E-state index in [9.17, 15) is 5.11 Å². The average molecular weight is 271 g/mol. The fraction of sp³-hybridized carbons (Fsp3) is 0.312. The van der Waals surface area contributed by atoms with Gasteiger partial charge in [0.1, 0.15) is 5.75 Å². The molecule has 2 aromatic rings. The molecule has 0 amide bonds. The van der Waals surface area contributed by atoms with E-state index in [1.54, 1.807) is 13.1 Å². The second kappa shape index (κ2) is 7.03.